The van der Waals surface area contributed by atoms with Gasteiger partial charge in [-0.2, -0.15) is 10.1 Å². The highest BCUT2D eigenvalue weighted by atomic mass is 16.5. The van der Waals surface area contributed by atoms with Crippen LogP contribution in [0.25, 0.3) is 0 Å². The van der Waals surface area contributed by atoms with Gasteiger partial charge in [0, 0.05) is 17.8 Å². The van der Waals surface area contributed by atoms with Gasteiger partial charge in [0.2, 0.25) is 6.39 Å². The number of aryl methyl sites for hydroxylation is 1. The van der Waals surface area contributed by atoms with Gasteiger partial charge < -0.3 is 10.3 Å². The largest absolute Gasteiger partial charge is 0.343 e. The van der Waals surface area contributed by atoms with E-state index in [0.717, 1.165) is 17.0 Å². The van der Waals surface area contributed by atoms with Crippen molar-refractivity contribution in [3.05, 3.63) is 29.2 Å². The Bertz CT molecular complexity index is 445. The van der Waals surface area contributed by atoms with E-state index in [4.69, 9.17) is 5.73 Å². The lowest BCUT2D eigenvalue weighted by Crippen LogP contribution is -2.06. The van der Waals surface area contributed by atoms with Crippen molar-refractivity contribution in [1.82, 2.24) is 19.9 Å². The lowest BCUT2D eigenvalue weighted by atomic mass is 10.2. The third-order valence-corrected chi connectivity index (χ3v) is 2.43. The molecule has 15 heavy (non-hydrogen) atoms. The van der Waals surface area contributed by atoms with Crippen LogP contribution in [0.4, 0.5) is 0 Å². The van der Waals surface area contributed by atoms with Gasteiger partial charge in [0.05, 0.1) is 5.69 Å². The Morgan fingerprint density at radius 2 is 2.27 bits per heavy atom. The van der Waals surface area contributed by atoms with Crippen molar-refractivity contribution in [1.29, 1.82) is 0 Å². The molecule has 0 fully saturated rings. The zero-order valence-corrected chi connectivity index (χ0v) is 8.77. The van der Waals surface area contributed by atoms with Gasteiger partial charge in [0.25, 0.3) is 0 Å². The second kappa shape index (κ2) is 3.82. The van der Waals surface area contributed by atoms with Gasteiger partial charge in [-0.3, -0.25) is 4.68 Å². The normalized spacial score (nSPS) is 10.9. The summed E-state index contributed by atoms with van der Waals surface area (Å²) < 4.78 is 6.50. The van der Waals surface area contributed by atoms with E-state index < -0.39 is 0 Å². The number of nitrogens with two attached hydrogens (primary N) is 1. The van der Waals surface area contributed by atoms with Crippen molar-refractivity contribution < 1.29 is 4.52 Å². The summed E-state index contributed by atoms with van der Waals surface area (Å²) in [5.41, 5.74) is 8.73. The predicted molar refractivity (Wildman–Crippen MR) is 53.0 cm³/mol. The Morgan fingerprint density at radius 1 is 1.47 bits per heavy atom. The summed E-state index contributed by atoms with van der Waals surface area (Å²) in [6.07, 6.45) is 1.31. The highest BCUT2D eigenvalue weighted by molar-refractivity contribution is 5.24. The van der Waals surface area contributed by atoms with Crippen LogP contribution >= 0.6 is 0 Å². The molecule has 0 saturated heterocycles. The number of hydrogen-bond acceptors (Lipinski definition) is 5. The van der Waals surface area contributed by atoms with Crippen molar-refractivity contribution in [2.45, 2.75) is 26.9 Å². The highest BCUT2D eigenvalue weighted by Crippen LogP contribution is 2.12. The maximum Gasteiger partial charge on any atom is 0.213 e. The van der Waals surface area contributed by atoms with Crippen molar-refractivity contribution in [3.8, 4) is 0 Å². The molecule has 0 atom stereocenters. The molecule has 2 aromatic heterocycles. The first-order valence-electron chi connectivity index (χ1n) is 4.70. The Morgan fingerprint density at radius 3 is 2.80 bits per heavy atom. The molecule has 0 aliphatic rings. The zero-order chi connectivity index (χ0) is 10.8. The number of aromatic nitrogens is 4. The second-order valence-corrected chi connectivity index (χ2v) is 3.36. The van der Waals surface area contributed by atoms with E-state index in [1.54, 1.807) is 0 Å². The van der Waals surface area contributed by atoms with Crippen LogP contribution in [0.15, 0.2) is 10.9 Å². The topological polar surface area (TPSA) is 82.8 Å². The SMILES string of the molecule is Cc1nn(Cc2ncon2)c(C)c1CN. The summed E-state index contributed by atoms with van der Waals surface area (Å²) >= 11 is 0. The minimum Gasteiger partial charge on any atom is -0.343 e. The molecule has 0 saturated carbocycles. The number of hydrogen-bond donors (Lipinski definition) is 1. The molecule has 0 amide bonds. The van der Waals surface area contributed by atoms with Crippen LogP contribution in [0.3, 0.4) is 0 Å². The fraction of sp³-hybridized carbons (Fsp3) is 0.444. The Labute approximate surface area is 87.1 Å². The first-order valence-corrected chi connectivity index (χ1v) is 4.70. The third-order valence-electron chi connectivity index (χ3n) is 2.43. The van der Waals surface area contributed by atoms with E-state index >= 15 is 0 Å². The van der Waals surface area contributed by atoms with E-state index in [9.17, 15) is 0 Å². The van der Waals surface area contributed by atoms with Crippen LogP contribution in [0.1, 0.15) is 22.8 Å². The standard InChI is InChI=1S/C9H13N5O/c1-6-8(3-10)7(2)14(12-6)4-9-11-5-15-13-9/h5H,3-4,10H2,1-2H3. The second-order valence-electron chi connectivity index (χ2n) is 3.36. The van der Waals surface area contributed by atoms with Gasteiger partial charge in [-0.15, -0.1) is 0 Å². The summed E-state index contributed by atoms with van der Waals surface area (Å²) in [5, 5.41) is 8.11. The summed E-state index contributed by atoms with van der Waals surface area (Å²) in [6, 6.07) is 0. The van der Waals surface area contributed by atoms with Gasteiger partial charge in [-0.1, -0.05) is 5.16 Å². The quantitative estimate of drug-likeness (QED) is 0.787. The Balaban J connectivity index is 2.29. The summed E-state index contributed by atoms with van der Waals surface area (Å²) in [7, 11) is 0. The van der Waals surface area contributed by atoms with Crippen molar-refractivity contribution in [2.75, 3.05) is 0 Å². The van der Waals surface area contributed by atoms with E-state index in [0.29, 0.717) is 18.9 Å². The molecule has 6 heteroatoms. The van der Waals surface area contributed by atoms with Crippen LogP contribution in [0.2, 0.25) is 0 Å². The first kappa shape index (κ1) is 9.85. The van der Waals surface area contributed by atoms with Crippen LogP contribution in [-0.4, -0.2) is 19.9 Å². The maximum absolute atomic E-state index is 5.64. The molecule has 2 aromatic rings. The van der Waals surface area contributed by atoms with Crippen molar-refractivity contribution in [2.24, 2.45) is 5.73 Å². The van der Waals surface area contributed by atoms with E-state index in [-0.39, 0.29) is 0 Å². The third kappa shape index (κ3) is 1.75. The van der Waals surface area contributed by atoms with Crippen LogP contribution in [-0.2, 0) is 13.1 Å². The molecular formula is C9H13N5O. The fourth-order valence-corrected chi connectivity index (χ4v) is 1.58. The molecule has 2 rings (SSSR count). The molecule has 0 unspecified atom stereocenters. The summed E-state index contributed by atoms with van der Waals surface area (Å²) in [4.78, 5) is 3.95. The summed E-state index contributed by atoms with van der Waals surface area (Å²) in [5.74, 6) is 0.615. The predicted octanol–water partition coefficient (Wildman–Crippen LogP) is 0.390. The maximum atomic E-state index is 5.64. The monoisotopic (exact) mass is 207 g/mol. The van der Waals surface area contributed by atoms with Gasteiger partial charge in [0.1, 0.15) is 6.54 Å². The van der Waals surface area contributed by atoms with E-state index in [2.05, 4.69) is 19.8 Å². The average Bonchev–Trinajstić information content (AvgIpc) is 2.78. The molecular weight excluding hydrogens is 194 g/mol. The molecule has 80 valence electrons. The van der Waals surface area contributed by atoms with Crippen molar-refractivity contribution >= 4 is 0 Å². The molecule has 0 radical (unpaired) electrons. The molecule has 0 aliphatic heterocycles. The van der Waals surface area contributed by atoms with E-state index in [1.165, 1.54) is 6.39 Å². The van der Waals surface area contributed by atoms with Crippen LogP contribution < -0.4 is 5.73 Å². The molecule has 0 bridgehead atoms. The van der Waals surface area contributed by atoms with Crippen molar-refractivity contribution in [3.63, 3.8) is 0 Å². The molecule has 2 N–H and O–H groups in total. The lowest BCUT2D eigenvalue weighted by molar-refractivity contribution is 0.406. The van der Waals surface area contributed by atoms with Crippen LogP contribution in [0.5, 0.6) is 0 Å². The summed E-state index contributed by atoms with van der Waals surface area (Å²) in [6.45, 7) is 4.96. The van der Waals surface area contributed by atoms with Gasteiger partial charge in [-0.05, 0) is 13.8 Å². The smallest absolute Gasteiger partial charge is 0.213 e. The zero-order valence-electron chi connectivity index (χ0n) is 8.77. The molecule has 2 heterocycles. The molecule has 0 spiro atoms. The minimum atomic E-state index is 0.504. The minimum absolute atomic E-state index is 0.504. The highest BCUT2D eigenvalue weighted by Gasteiger charge is 2.11. The Hall–Kier alpha value is -1.69. The van der Waals surface area contributed by atoms with E-state index in [1.807, 2.05) is 18.5 Å². The van der Waals surface area contributed by atoms with Gasteiger partial charge >= 0.3 is 0 Å². The number of rotatable bonds is 3. The number of nitrogens with zero attached hydrogens (tertiary/aromatic N) is 4. The molecule has 0 aliphatic carbocycles. The lowest BCUT2D eigenvalue weighted by Gasteiger charge is -2.00. The van der Waals surface area contributed by atoms with Gasteiger partial charge in [0.15, 0.2) is 5.82 Å². The first-order chi connectivity index (χ1) is 7.22. The van der Waals surface area contributed by atoms with Gasteiger partial charge in [-0.25, -0.2) is 0 Å². The molecule has 6 nitrogen and oxygen atoms in total. The Kier molecular flexibility index (Phi) is 2.51. The molecule has 0 aromatic carbocycles. The van der Waals surface area contributed by atoms with Crippen LogP contribution in [0, 0.1) is 13.8 Å². The fourth-order valence-electron chi connectivity index (χ4n) is 1.58. The average molecular weight is 207 g/mol.